The minimum absolute atomic E-state index is 0.0679. The molecule has 6 nitrogen and oxygen atoms in total. The van der Waals surface area contributed by atoms with Crippen LogP contribution in [0.1, 0.15) is 355 Å². The first kappa shape index (κ1) is 68.9. The molecule has 0 heterocycles. The van der Waals surface area contributed by atoms with Crippen molar-refractivity contribution in [2.24, 2.45) is 0 Å². The van der Waals surface area contributed by atoms with Crippen LogP contribution in [0.2, 0.25) is 0 Å². The van der Waals surface area contributed by atoms with E-state index < -0.39 is 6.10 Å². The molecular weight excluding hydrogens is 877 g/mol. The van der Waals surface area contributed by atoms with Crippen molar-refractivity contribution in [3.63, 3.8) is 0 Å². The van der Waals surface area contributed by atoms with E-state index in [1.165, 1.54) is 250 Å². The number of ether oxygens (including phenoxy) is 3. The van der Waals surface area contributed by atoms with E-state index in [-0.39, 0.29) is 31.1 Å². The fourth-order valence-electron chi connectivity index (χ4n) is 9.61. The van der Waals surface area contributed by atoms with Crippen molar-refractivity contribution in [3.8, 4) is 0 Å². The van der Waals surface area contributed by atoms with Gasteiger partial charge in [0.15, 0.2) is 6.10 Å². The quantitative estimate of drug-likeness (QED) is 0.0261. The van der Waals surface area contributed by atoms with Gasteiger partial charge < -0.3 is 14.2 Å². The largest absolute Gasteiger partial charge is 0.462 e. The van der Waals surface area contributed by atoms with Crippen molar-refractivity contribution in [3.05, 3.63) is 24.3 Å². The Balaban J connectivity index is 3.99. The first-order valence-corrected chi connectivity index (χ1v) is 31.8. The van der Waals surface area contributed by atoms with Crippen molar-refractivity contribution in [1.82, 2.24) is 0 Å². The van der Waals surface area contributed by atoms with Gasteiger partial charge in [-0.25, -0.2) is 0 Å². The standard InChI is InChI=1S/C65H122O6/c1-4-7-10-13-15-17-19-21-23-25-27-29-31-32-34-35-37-39-41-43-45-47-49-52-55-58-64(67)70-61-62(60-69-63(66)57-54-51-12-9-6-3)71-65(68)59-56-53-50-48-46-44-42-40-38-36-33-30-28-26-24-22-20-18-16-14-11-8-5-2/h25-28,62H,4-24,29-61H2,1-3H3/b27-25-,28-26-. The van der Waals surface area contributed by atoms with Crippen molar-refractivity contribution >= 4 is 17.9 Å². The highest BCUT2D eigenvalue weighted by Crippen LogP contribution is 2.17. The highest BCUT2D eigenvalue weighted by molar-refractivity contribution is 5.71. The Kier molecular flexibility index (Phi) is 58.6. The van der Waals surface area contributed by atoms with E-state index in [0.717, 1.165) is 64.2 Å². The predicted molar refractivity (Wildman–Crippen MR) is 307 cm³/mol. The molecule has 0 spiro atoms. The Bertz CT molecular complexity index is 1150. The molecule has 0 aromatic carbocycles. The SMILES string of the molecule is CCCCCCCCCC/C=C\CCCCCCCCCCCCCCCC(=O)OCC(COC(=O)CCCCCCC)OC(=O)CCCCCCCCCCCCC/C=C\CCCCCCCCCC. The van der Waals surface area contributed by atoms with Gasteiger partial charge in [-0.3, -0.25) is 14.4 Å². The van der Waals surface area contributed by atoms with Gasteiger partial charge in [-0.15, -0.1) is 0 Å². The maximum atomic E-state index is 12.8. The zero-order valence-electron chi connectivity index (χ0n) is 48.0. The zero-order valence-corrected chi connectivity index (χ0v) is 48.0. The number of unbranched alkanes of at least 4 members (excludes halogenated alkanes) is 44. The monoisotopic (exact) mass is 999 g/mol. The number of esters is 3. The molecule has 0 radical (unpaired) electrons. The number of rotatable bonds is 59. The molecule has 0 amide bonds. The van der Waals surface area contributed by atoms with Crippen LogP contribution in [-0.4, -0.2) is 37.2 Å². The Morgan fingerprint density at radius 1 is 0.268 bits per heavy atom. The van der Waals surface area contributed by atoms with Crippen molar-refractivity contribution in [2.75, 3.05) is 13.2 Å². The van der Waals surface area contributed by atoms with E-state index in [9.17, 15) is 14.4 Å². The first-order chi connectivity index (χ1) is 35.0. The van der Waals surface area contributed by atoms with E-state index >= 15 is 0 Å². The number of hydrogen-bond acceptors (Lipinski definition) is 6. The molecule has 0 bridgehead atoms. The lowest BCUT2D eigenvalue weighted by Gasteiger charge is -2.18. The lowest BCUT2D eigenvalue weighted by molar-refractivity contribution is -0.167. The van der Waals surface area contributed by atoms with Crippen LogP contribution in [0.5, 0.6) is 0 Å². The summed E-state index contributed by atoms with van der Waals surface area (Å²) in [5.41, 5.74) is 0. The lowest BCUT2D eigenvalue weighted by Crippen LogP contribution is -2.30. The third-order valence-electron chi connectivity index (χ3n) is 14.4. The van der Waals surface area contributed by atoms with Crippen molar-refractivity contribution in [2.45, 2.75) is 361 Å². The third kappa shape index (κ3) is 58.7. The molecule has 1 unspecified atom stereocenters. The average Bonchev–Trinajstić information content (AvgIpc) is 3.37. The fraction of sp³-hybridized carbons (Fsp3) is 0.892. The van der Waals surface area contributed by atoms with E-state index in [1.54, 1.807) is 0 Å². The predicted octanol–water partition coefficient (Wildman–Crippen LogP) is 21.4. The molecule has 0 fully saturated rings. The van der Waals surface area contributed by atoms with E-state index in [1.807, 2.05) is 0 Å². The summed E-state index contributed by atoms with van der Waals surface area (Å²) < 4.78 is 16.8. The molecular formula is C65H122O6. The number of allylic oxidation sites excluding steroid dienone is 4. The molecule has 0 aliphatic rings. The molecule has 0 aliphatic carbocycles. The number of carbonyl (C=O) groups excluding carboxylic acids is 3. The Labute approximate surface area is 443 Å². The summed E-state index contributed by atoms with van der Waals surface area (Å²) in [5.74, 6) is -0.862. The number of carbonyl (C=O) groups is 3. The molecule has 71 heavy (non-hydrogen) atoms. The van der Waals surface area contributed by atoms with Gasteiger partial charge in [0, 0.05) is 19.3 Å². The van der Waals surface area contributed by atoms with Crippen molar-refractivity contribution < 1.29 is 28.6 Å². The summed E-state index contributed by atoms with van der Waals surface area (Å²) in [6, 6.07) is 0. The molecule has 0 N–H and O–H groups in total. The van der Waals surface area contributed by atoms with Gasteiger partial charge in [-0.05, 0) is 70.6 Å². The minimum atomic E-state index is -0.766. The van der Waals surface area contributed by atoms with Crippen LogP contribution >= 0.6 is 0 Å². The second kappa shape index (κ2) is 60.4. The normalized spacial score (nSPS) is 12.1. The van der Waals surface area contributed by atoms with Crippen LogP contribution in [0.4, 0.5) is 0 Å². The lowest BCUT2D eigenvalue weighted by atomic mass is 10.0. The maximum absolute atomic E-state index is 12.8. The Morgan fingerprint density at radius 3 is 0.704 bits per heavy atom. The van der Waals surface area contributed by atoms with Gasteiger partial charge in [0.25, 0.3) is 0 Å². The topological polar surface area (TPSA) is 78.9 Å². The van der Waals surface area contributed by atoms with Gasteiger partial charge in [0.1, 0.15) is 13.2 Å². The van der Waals surface area contributed by atoms with Crippen LogP contribution in [0.3, 0.4) is 0 Å². The highest BCUT2D eigenvalue weighted by Gasteiger charge is 2.19. The summed E-state index contributed by atoms with van der Waals surface area (Å²) in [4.78, 5) is 37.9. The summed E-state index contributed by atoms with van der Waals surface area (Å²) in [6.45, 7) is 6.61. The van der Waals surface area contributed by atoms with Crippen molar-refractivity contribution in [1.29, 1.82) is 0 Å². The van der Waals surface area contributed by atoms with Gasteiger partial charge in [-0.1, -0.05) is 289 Å². The Morgan fingerprint density at radius 2 is 0.465 bits per heavy atom. The molecule has 418 valence electrons. The third-order valence-corrected chi connectivity index (χ3v) is 14.4. The van der Waals surface area contributed by atoms with Gasteiger partial charge in [-0.2, -0.15) is 0 Å². The van der Waals surface area contributed by atoms with Crippen LogP contribution in [0, 0.1) is 0 Å². The minimum Gasteiger partial charge on any atom is -0.462 e. The molecule has 1 atom stereocenters. The van der Waals surface area contributed by atoms with E-state index in [0.29, 0.717) is 19.3 Å². The molecule has 0 rings (SSSR count). The first-order valence-electron chi connectivity index (χ1n) is 31.8. The molecule has 0 saturated carbocycles. The molecule has 0 aromatic rings. The summed E-state index contributed by atoms with van der Waals surface area (Å²) >= 11 is 0. The number of hydrogen-bond donors (Lipinski definition) is 0. The fourth-order valence-corrected chi connectivity index (χ4v) is 9.61. The van der Waals surface area contributed by atoms with Crippen LogP contribution in [-0.2, 0) is 28.6 Å². The molecule has 0 saturated heterocycles. The second-order valence-electron chi connectivity index (χ2n) is 21.7. The van der Waals surface area contributed by atoms with Gasteiger partial charge in [0.05, 0.1) is 0 Å². The summed E-state index contributed by atoms with van der Waals surface area (Å²) in [6.07, 6.45) is 72.4. The van der Waals surface area contributed by atoms with Crippen LogP contribution < -0.4 is 0 Å². The Hall–Kier alpha value is -2.11. The van der Waals surface area contributed by atoms with Crippen LogP contribution in [0.15, 0.2) is 24.3 Å². The smallest absolute Gasteiger partial charge is 0.306 e. The van der Waals surface area contributed by atoms with E-state index in [4.69, 9.17) is 14.2 Å². The second-order valence-corrected chi connectivity index (χ2v) is 21.7. The highest BCUT2D eigenvalue weighted by atomic mass is 16.6. The average molecular weight is 1000 g/mol. The maximum Gasteiger partial charge on any atom is 0.306 e. The zero-order chi connectivity index (χ0) is 51.4. The van der Waals surface area contributed by atoms with E-state index in [2.05, 4.69) is 45.1 Å². The van der Waals surface area contributed by atoms with Crippen LogP contribution in [0.25, 0.3) is 0 Å². The van der Waals surface area contributed by atoms with Gasteiger partial charge in [0.2, 0.25) is 0 Å². The molecule has 0 aromatic heterocycles. The molecule has 0 aliphatic heterocycles. The molecule has 6 heteroatoms. The summed E-state index contributed by atoms with van der Waals surface area (Å²) in [5, 5.41) is 0. The summed E-state index contributed by atoms with van der Waals surface area (Å²) in [7, 11) is 0. The van der Waals surface area contributed by atoms with Gasteiger partial charge >= 0.3 is 17.9 Å².